The summed E-state index contributed by atoms with van der Waals surface area (Å²) in [5.74, 6) is -0.881. The summed E-state index contributed by atoms with van der Waals surface area (Å²) in [5, 5.41) is 30.0. The number of aliphatic carboxylic acids is 1. The summed E-state index contributed by atoms with van der Waals surface area (Å²) in [6, 6.07) is 0. The van der Waals surface area contributed by atoms with Gasteiger partial charge in [0.05, 0.1) is 0 Å². The zero-order valence-electron chi connectivity index (χ0n) is 10.8. The van der Waals surface area contributed by atoms with E-state index < -0.39 is 18.6 Å². The van der Waals surface area contributed by atoms with Gasteiger partial charge in [0, 0.05) is 5.92 Å². The van der Waals surface area contributed by atoms with Gasteiger partial charge in [-0.15, -0.1) is 0 Å². The average molecular weight is 258 g/mol. The molecular formula is C11H23BN2O4. The van der Waals surface area contributed by atoms with Crippen LogP contribution in [0.3, 0.4) is 0 Å². The zero-order valence-corrected chi connectivity index (χ0v) is 10.8. The van der Waals surface area contributed by atoms with Crippen molar-refractivity contribution in [3.63, 3.8) is 0 Å². The summed E-state index contributed by atoms with van der Waals surface area (Å²) in [5.41, 5.74) is 4.86. The van der Waals surface area contributed by atoms with E-state index in [4.69, 9.17) is 15.8 Å². The lowest BCUT2D eigenvalue weighted by molar-refractivity contribution is -0.148. The number of carboxylic acids is 1. The summed E-state index contributed by atoms with van der Waals surface area (Å²) in [6.07, 6.45) is 2.94. The first-order valence-electron chi connectivity index (χ1n) is 6.43. The second-order valence-corrected chi connectivity index (χ2v) is 5.31. The largest absolute Gasteiger partial charge is 0.480 e. The van der Waals surface area contributed by atoms with Crippen molar-refractivity contribution in [3.8, 4) is 0 Å². The van der Waals surface area contributed by atoms with Crippen molar-refractivity contribution >= 4 is 13.1 Å². The van der Waals surface area contributed by atoms with Crippen LogP contribution in [0.2, 0.25) is 6.32 Å². The fourth-order valence-corrected chi connectivity index (χ4v) is 2.86. The highest BCUT2D eigenvalue weighted by Crippen LogP contribution is 2.37. The van der Waals surface area contributed by atoms with Crippen LogP contribution >= 0.6 is 0 Å². The van der Waals surface area contributed by atoms with Crippen LogP contribution < -0.4 is 11.1 Å². The Hall–Kier alpha value is -0.625. The van der Waals surface area contributed by atoms with Gasteiger partial charge in [0.15, 0.2) is 0 Å². The van der Waals surface area contributed by atoms with Gasteiger partial charge in [0.1, 0.15) is 5.54 Å². The van der Waals surface area contributed by atoms with Gasteiger partial charge in [0.25, 0.3) is 0 Å². The first kappa shape index (κ1) is 15.4. The van der Waals surface area contributed by atoms with Crippen LogP contribution in [0.25, 0.3) is 0 Å². The standard InChI is InChI=1S/C11H23BN2O4/c1-14-7-9-3-2-8(4-5-12(17)18)6-11(9,13)10(15)16/h8-9,14,17-18H,2-7,13H2,1H3,(H,15,16). The lowest BCUT2D eigenvalue weighted by atomic mass is 9.66. The molecule has 1 aliphatic carbocycles. The Labute approximate surface area is 108 Å². The third-order valence-electron chi connectivity index (χ3n) is 3.96. The molecule has 6 N–H and O–H groups in total. The molecule has 104 valence electrons. The molecule has 0 heterocycles. The topological polar surface area (TPSA) is 116 Å². The van der Waals surface area contributed by atoms with E-state index in [0.29, 0.717) is 19.4 Å². The molecule has 0 amide bonds. The van der Waals surface area contributed by atoms with Crippen molar-refractivity contribution in [2.24, 2.45) is 17.6 Å². The molecule has 6 nitrogen and oxygen atoms in total. The average Bonchev–Trinajstić information content (AvgIpc) is 2.29. The second kappa shape index (κ2) is 6.52. The molecule has 0 saturated heterocycles. The number of hydrogen-bond donors (Lipinski definition) is 5. The summed E-state index contributed by atoms with van der Waals surface area (Å²) < 4.78 is 0. The molecule has 0 aromatic carbocycles. The Balaban J connectivity index is 2.65. The van der Waals surface area contributed by atoms with E-state index in [1.165, 1.54) is 0 Å². The van der Waals surface area contributed by atoms with Crippen LogP contribution in [0.1, 0.15) is 25.7 Å². The van der Waals surface area contributed by atoms with E-state index in [1.54, 1.807) is 7.05 Å². The third-order valence-corrected chi connectivity index (χ3v) is 3.96. The molecule has 3 atom stereocenters. The van der Waals surface area contributed by atoms with Crippen molar-refractivity contribution in [2.45, 2.75) is 37.5 Å². The minimum Gasteiger partial charge on any atom is -0.480 e. The predicted molar refractivity (Wildman–Crippen MR) is 68.9 cm³/mol. The maximum atomic E-state index is 11.4. The second-order valence-electron chi connectivity index (χ2n) is 5.31. The van der Waals surface area contributed by atoms with Gasteiger partial charge in [-0.3, -0.25) is 4.79 Å². The van der Waals surface area contributed by atoms with Gasteiger partial charge >= 0.3 is 13.1 Å². The van der Waals surface area contributed by atoms with Crippen LogP contribution in [0, 0.1) is 11.8 Å². The highest BCUT2D eigenvalue weighted by molar-refractivity contribution is 6.40. The zero-order chi connectivity index (χ0) is 13.8. The van der Waals surface area contributed by atoms with Crippen LogP contribution in [0.15, 0.2) is 0 Å². The summed E-state index contributed by atoms with van der Waals surface area (Å²) in [7, 11) is 0.466. The summed E-state index contributed by atoms with van der Waals surface area (Å²) in [6.45, 7) is 0.595. The summed E-state index contributed by atoms with van der Waals surface area (Å²) >= 11 is 0. The number of carboxylic acid groups (broad SMARTS) is 1. The molecule has 1 rings (SSSR count). The SMILES string of the molecule is CNCC1CCC(CCB(O)O)CC1(N)C(=O)O. The molecule has 0 spiro atoms. The van der Waals surface area contributed by atoms with Gasteiger partial charge in [-0.2, -0.15) is 0 Å². The number of nitrogens with two attached hydrogens (primary N) is 1. The molecule has 0 aromatic rings. The Kier molecular flexibility index (Phi) is 5.59. The fourth-order valence-electron chi connectivity index (χ4n) is 2.86. The normalized spacial score (nSPS) is 32.2. The Morgan fingerprint density at radius 3 is 2.67 bits per heavy atom. The molecule has 1 fully saturated rings. The van der Waals surface area contributed by atoms with Gasteiger partial charge in [-0.05, 0) is 45.1 Å². The highest BCUT2D eigenvalue weighted by Gasteiger charge is 2.46. The van der Waals surface area contributed by atoms with Gasteiger partial charge < -0.3 is 26.2 Å². The summed E-state index contributed by atoms with van der Waals surface area (Å²) in [4.78, 5) is 11.4. The maximum absolute atomic E-state index is 11.4. The molecular weight excluding hydrogens is 235 g/mol. The van der Waals surface area contributed by atoms with E-state index in [2.05, 4.69) is 5.32 Å². The molecule has 3 unspecified atom stereocenters. The highest BCUT2D eigenvalue weighted by atomic mass is 16.4. The molecule has 0 bridgehead atoms. The fraction of sp³-hybridized carbons (Fsp3) is 0.909. The Bertz CT molecular complexity index is 290. The Morgan fingerprint density at radius 1 is 1.50 bits per heavy atom. The molecule has 0 radical (unpaired) electrons. The van der Waals surface area contributed by atoms with Crippen molar-refractivity contribution in [2.75, 3.05) is 13.6 Å². The van der Waals surface area contributed by atoms with Crippen molar-refractivity contribution in [1.29, 1.82) is 0 Å². The molecule has 7 heteroatoms. The minimum absolute atomic E-state index is 0.0738. The molecule has 0 aliphatic heterocycles. The van der Waals surface area contributed by atoms with Crippen molar-refractivity contribution in [1.82, 2.24) is 5.32 Å². The van der Waals surface area contributed by atoms with E-state index in [0.717, 1.165) is 12.8 Å². The minimum atomic E-state index is -1.32. The molecule has 0 aromatic heterocycles. The molecule has 1 saturated carbocycles. The molecule has 1 aliphatic rings. The number of nitrogens with one attached hydrogen (secondary N) is 1. The van der Waals surface area contributed by atoms with Crippen LogP contribution in [0.4, 0.5) is 0 Å². The lowest BCUT2D eigenvalue weighted by Gasteiger charge is -2.41. The monoisotopic (exact) mass is 258 g/mol. The lowest BCUT2D eigenvalue weighted by Crippen LogP contribution is -2.59. The maximum Gasteiger partial charge on any atom is 0.451 e. The van der Waals surface area contributed by atoms with Gasteiger partial charge in [-0.1, -0.05) is 6.42 Å². The van der Waals surface area contributed by atoms with Gasteiger partial charge in [-0.25, -0.2) is 0 Å². The van der Waals surface area contributed by atoms with E-state index in [-0.39, 0.29) is 18.2 Å². The number of rotatable bonds is 6. The Morgan fingerprint density at radius 2 is 2.17 bits per heavy atom. The smallest absolute Gasteiger partial charge is 0.451 e. The number of hydrogen-bond acceptors (Lipinski definition) is 5. The van der Waals surface area contributed by atoms with E-state index in [9.17, 15) is 9.90 Å². The third kappa shape index (κ3) is 3.68. The van der Waals surface area contributed by atoms with E-state index >= 15 is 0 Å². The predicted octanol–water partition coefficient (Wildman–Crippen LogP) is -0.733. The van der Waals surface area contributed by atoms with Gasteiger partial charge in [0.2, 0.25) is 0 Å². The first-order chi connectivity index (χ1) is 8.40. The quantitative estimate of drug-likeness (QED) is 0.401. The first-order valence-corrected chi connectivity index (χ1v) is 6.43. The van der Waals surface area contributed by atoms with Crippen molar-refractivity contribution in [3.05, 3.63) is 0 Å². The van der Waals surface area contributed by atoms with Crippen LogP contribution in [0.5, 0.6) is 0 Å². The molecule has 18 heavy (non-hydrogen) atoms. The van der Waals surface area contributed by atoms with Crippen LogP contribution in [-0.4, -0.2) is 47.4 Å². The van der Waals surface area contributed by atoms with Crippen LogP contribution in [-0.2, 0) is 4.79 Å². The van der Waals surface area contributed by atoms with E-state index in [1.807, 2.05) is 0 Å². The number of carbonyl (C=O) groups is 1. The van der Waals surface area contributed by atoms with Crippen molar-refractivity contribution < 1.29 is 19.9 Å².